The molecule has 0 bridgehead atoms. The number of hydrogen-bond acceptors (Lipinski definition) is 5. The number of amides is 1. The van der Waals surface area contributed by atoms with E-state index >= 15 is 0 Å². The lowest BCUT2D eigenvalue weighted by Gasteiger charge is -2.18. The Balaban J connectivity index is 0.00000336. The molecule has 0 unspecified atom stereocenters. The zero-order chi connectivity index (χ0) is 25.6. The lowest BCUT2D eigenvalue weighted by atomic mass is 9.87. The monoisotopic (exact) mass is 513 g/mol. The second-order valence-corrected chi connectivity index (χ2v) is 10.1. The molecule has 6 nitrogen and oxygen atoms in total. The number of likely N-dealkylation sites (tertiary alicyclic amines) is 1. The van der Waals surface area contributed by atoms with E-state index in [0.717, 1.165) is 59.7 Å². The molecule has 6 heteroatoms. The number of phenols is 1. The zero-order valence-corrected chi connectivity index (χ0v) is 21.1. The van der Waals surface area contributed by atoms with Crippen molar-refractivity contribution in [2.24, 2.45) is 11.8 Å². The van der Waals surface area contributed by atoms with Gasteiger partial charge in [0, 0.05) is 25.4 Å². The van der Waals surface area contributed by atoms with Crippen LogP contribution < -0.4 is 10.6 Å². The predicted octanol–water partition coefficient (Wildman–Crippen LogP) is 4.85. The van der Waals surface area contributed by atoms with Crippen LogP contribution in [-0.2, 0) is 4.79 Å². The summed E-state index contributed by atoms with van der Waals surface area (Å²) in [7, 11) is 0. The molecule has 2 aliphatic rings. The van der Waals surface area contributed by atoms with E-state index in [1.807, 2.05) is 54.6 Å². The topological polar surface area (TPSA) is 84.8 Å². The van der Waals surface area contributed by atoms with E-state index in [0.29, 0.717) is 31.2 Å². The molecular formula is C32H39N3O3. The summed E-state index contributed by atoms with van der Waals surface area (Å²) in [5.74, 6) is 1.57. The van der Waals surface area contributed by atoms with Crippen LogP contribution in [0, 0.1) is 11.8 Å². The number of aromatic hydroxyl groups is 1. The maximum atomic E-state index is 12.7. The van der Waals surface area contributed by atoms with Crippen molar-refractivity contribution in [2.75, 3.05) is 44.6 Å². The number of carbonyl (C=O) groups is 1. The molecule has 5 rings (SSSR count). The zero-order valence-electron chi connectivity index (χ0n) is 21.1. The van der Waals surface area contributed by atoms with E-state index in [1.165, 1.54) is 0 Å². The van der Waals surface area contributed by atoms with Gasteiger partial charge in [-0.3, -0.25) is 9.69 Å². The molecule has 0 aromatic heterocycles. The summed E-state index contributed by atoms with van der Waals surface area (Å²) in [5, 5.41) is 26.0. The number of phenolic OH excluding ortho intramolecular Hbond substituents is 1. The second-order valence-electron chi connectivity index (χ2n) is 10.1. The summed E-state index contributed by atoms with van der Waals surface area (Å²) < 4.78 is 0. The predicted molar refractivity (Wildman–Crippen MR) is 155 cm³/mol. The summed E-state index contributed by atoms with van der Waals surface area (Å²) in [6.45, 7) is 4.63. The number of nitrogens with one attached hydrogen (secondary N) is 2. The first-order chi connectivity index (χ1) is 18.1. The fourth-order valence-electron chi connectivity index (χ4n) is 5.66. The number of nitrogens with zero attached hydrogens (tertiary/aromatic N) is 1. The lowest BCUT2D eigenvalue weighted by molar-refractivity contribution is -0.117. The fraction of sp³-hybridized carbons (Fsp3) is 0.344. The Morgan fingerprint density at radius 1 is 0.868 bits per heavy atom. The fourth-order valence-corrected chi connectivity index (χ4v) is 5.66. The van der Waals surface area contributed by atoms with Gasteiger partial charge in [-0.25, -0.2) is 0 Å². The maximum Gasteiger partial charge on any atom is 0.238 e. The molecular weight excluding hydrogens is 474 g/mol. The second kappa shape index (κ2) is 12.9. The van der Waals surface area contributed by atoms with Crippen LogP contribution in [0.4, 0.5) is 5.69 Å². The Morgan fingerprint density at radius 3 is 2.08 bits per heavy atom. The van der Waals surface area contributed by atoms with E-state index in [4.69, 9.17) is 0 Å². The molecule has 2 aliphatic heterocycles. The summed E-state index contributed by atoms with van der Waals surface area (Å²) in [5.41, 5.74) is 6.06. The van der Waals surface area contributed by atoms with Crippen molar-refractivity contribution in [1.82, 2.24) is 10.2 Å². The van der Waals surface area contributed by atoms with Crippen LogP contribution in [0.15, 0.2) is 78.9 Å². The first-order valence-electron chi connectivity index (χ1n) is 13.1. The molecule has 0 aliphatic carbocycles. The molecule has 4 N–H and O–H groups in total. The Labute approximate surface area is 226 Å². The number of aliphatic hydroxyl groups is 1. The summed E-state index contributed by atoms with van der Waals surface area (Å²) in [6.07, 6.45) is 1.36. The molecule has 1 amide bonds. The highest BCUT2D eigenvalue weighted by atomic mass is 16.3. The number of hydrogen-bond donors (Lipinski definition) is 4. The van der Waals surface area contributed by atoms with Crippen molar-refractivity contribution in [3.05, 3.63) is 95.6 Å². The highest BCUT2D eigenvalue weighted by molar-refractivity contribution is 5.99. The van der Waals surface area contributed by atoms with Crippen LogP contribution in [-0.4, -0.2) is 60.4 Å². The van der Waals surface area contributed by atoms with Crippen LogP contribution in [0.25, 0.3) is 11.1 Å². The Kier molecular flexibility index (Phi) is 9.34. The van der Waals surface area contributed by atoms with Crippen molar-refractivity contribution in [3.8, 4) is 5.75 Å². The van der Waals surface area contributed by atoms with E-state index in [-0.39, 0.29) is 25.7 Å². The van der Waals surface area contributed by atoms with Crippen molar-refractivity contribution >= 4 is 22.7 Å². The van der Waals surface area contributed by atoms with Gasteiger partial charge in [-0.2, -0.15) is 0 Å². The van der Waals surface area contributed by atoms with Gasteiger partial charge in [-0.05, 0) is 89.9 Å². The number of fused-ring (bicyclic) bond motifs is 1. The molecule has 3 aromatic rings. The average Bonchev–Trinajstić information content (AvgIpc) is 3.50. The average molecular weight is 514 g/mol. The normalized spacial score (nSPS) is 19.4. The molecule has 2 fully saturated rings. The van der Waals surface area contributed by atoms with Gasteiger partial charge in [0.2, 0.25) is 5.91 Å². The molecule has 3 aromatic carbocycles. The highest BCUT2D eigenvalue weighted by Crippen LogP contribution is 2.36. The molecule has 2 heterocycles. The molecule has 2 atom stereocenters. The van der Waals surface area contributed by atoms with Gasteiger partial charge < -0.3 is 20.8 Å². The van der Waals surface area contributed by atoms with E-state index in [9.17, 15) is 15.0 Å². The first-order valence-corrected chi connectivity index (χ1v) is 13.1. The standard InChI is InChI=1S/C31H35N3O3.CH4/c35-16-4-7-29(22-5-2-1-3-6-22)31(24-10-14-28(36)15-11-24)23-8-12-27(13-9-23)33-30(37)21-34-19-25-17-32-18-26(25)20-34;/h1-3,5-6,8-15,25-26,32,35-36H,4,7,16-21H2,(H,33,37);1H4/b31-29+;/t25-,26+;. The van der Waals surface area contributed by atoms with Crippen molar-refractivity contribution in [3.63, 3.8) is 0 Å². The number of carbonyl (C=O) groups excluding carboxylic acids is 1. The molecule has 200 valence electrons. The van der Waals surface area contributed by atoms with Gasteiger partial charge in [-0.15, -0.1) is 0 Å². The molecule has 2 saturated heterocycles. The van der Waals surface area contributed by atoms with Crippen LogP contribution in [0.5, 0.6) is 5.75 Å². The van der Waals surface area contributed by atoms with Gasteiger partial charge in [-0.1, -0.05) is 62.0 Å². The molecule has 0 radical (unpaired) electrons. The quantitative estimate of drug-likeness (QED) is 0.308. The number of aliphatic hydroxyl groups excluding tert-OH is 1. The van der Waals surface area contributed by atoms with Gasteiger partial charge in [0.15, 0.2) is 0 Å². The largest absolute Gasteiger partial charge is 0.508 e. The highest BCUT2D eigenvalue weighted by Gasteiger charge is 2.36. The molecule has 0 spiro atoms. The minimum atomic E-state index is 0. The van der Waals surface area contributed by atoms with Gasteiger partial charge in [0.05, 0.1) is 6.54 Å². The van der Waals surface area contributed by atoms with Gasteiger partial charge >= 0.3 is 0 Å². The van der Waals surface area contributed by atoms with Crippen LogP contribution in [0.1, 0.15) is 37.0 Å². The Morgan fingerprint density at radius 2 is 1.47 bits per heavy atom. The molecule has 0 saturated carbocycles. The minimum Gasteiger partial charge on any atom is -0.508 e. The SMILES string of the molecule is C.O=C(CN1C[C@H]2CNC[C@H]2C1)Nc1ccc(/C(=C(/CCCO)c2ccccc2)c2ccc(O)cc2)cc1. The number of rotatable bonds is 9. The number of benzene rings is 3. The third kappa shape index (κ3) is 6.51. The third-order valence-corrected chi connectivity index (χ3v) is 7.45. The number of allylic oxidation sites excluding steroid dienone is 1. The first kappa shape index (κ1) is 27.6. The van der Waals surface area contributed by atoms with E-state index in [1.54, 1.807) is 12.1 Å². The summed E-state index contributed by atoms with van der Waals surface area (Å²) >= 11 is 0. The summed E-state index contributed by atoms with van der Waals surface area (Å²) in [4.78, 5) is 15.0. The van der Waals surface area contributed by atoms with E-state index in [2.05, 4.69) is 27.7 Å². The van der Waals surface area contributed by atoms with Crippen LogP contribution in [0.2, 0.25) is 0 Å². The van der Waals surface area contributed by atoms with E-state index < -0.39 is 0 Å². The van der Waals surface area contributed by atoms with Crippen LogP contribution in [0.3, 0.4) is 0 Å². The maximum absolute atomic E-state index is 12.7. The van der Waals surface area contributed by atoms with Crippen molar-refractivity contribution in [2.45, 2.75) is 20.3 Å². The van der Waals surface area contributed by atoms with Crippen molar-refractivity contribution in [1.29, 1.82) is 0 Å². The number of anilines is 1. The Hall–Kier alpha value is -3.45. The lowest BCUT2D eigenvalue weighted by Crippen LogP contribution is -2.33. The Bertz CT molecular complexity index is 1210. The third-order valence-electron chi connectivity index (χ3n) is 7.45. The smallest absolute Gasteiger partial charge is 0.238 e. The molecule has 38 heavy (non-hydrogen) atoms. The van der Waals surface area contributed by atoms with Crippen molar-refractivity contribution < 1.29 is 15.0 Å². The summed E-state index contributed by atoms with van der Waals surface area (Å²) in [6, 6.07) is 25.4. The van der Waals surface area contributed by atoms with Gasteiger partial charge in [0.25, 0.3) is 0 Å². The minimum absolute atomic E-state index is 0. The van der Waals surface area contributed by atoms with Crippen LogP contribution >= 0.6 is 0 Å². The van der Waals surface area contributed by atoms with Gasteiger partial charge in [0.1, 0.15) is 5.75 Å².